The van der Waals surface area contributed by atoms with Gasteiger partial charge >= 0.3 is 6.18 Å². The first kappa shape index (κ1) is 16.3. The molecular formula is C15H10ClF4NO. The van der Waals surface area contributed by atoms with Crippen molar-refractivity contribution in [2.24, 2.45) is 0 Å². The van der Waals surface area contributed by atoms with E-state index in [-0.39, 0.29) is 17.1 Å². The van der Waals surface area contributed by atoms with Gasteiger partial charge < -0.3 is 5.32 Å². The van der Waals surface area contributed by atoms with E-state index >= 15 is 0 Å². The number of hydrogen-bond acceptors (Lipinski definition) is 1. The molecule has 0 unspecified atom stereocenters. The maximum absolute atomic E-state index is 13.1. The van der Waals surface area contributed by atoms with Crippen LogP contribution in [0.25, 0.3) is 0 Å². The molecule has 0 bridgehead atoms. The van der Waals surface area contributed by atoms with E-state index in [1.54, 1.807) is 0 Å². The van der Waals surface area contributed by atoms with Crippen LogP contribution in [0.5, 0.6) is 0 Å². The van der Waals surface area contributed by atoms with Crippen molar-refractivity contribution >= 4 is 17.5 Å². The van der Waals surface area contributed by atoms with Crippen LogP contribution in [0.15, 0.2) is 42.5 Å². The third-order valence-electron chi connectivity index (χ3n) is 2.91. The van der Waals surface area contributed by atoms with Crippen LogP contribution in [0.2, 0.25) is 5.02 Å². The van der Waals surface area contributed by atoms with E-state index in [0.717, 1.165) is 24.3 Å². The minimum absolute atomic E-state index is 0.00378. The predicted octanol–water partition coefficient (Wildman–Crippen LogP) is 4.43. The first-order valence-corrected chi connectivity index (χ1v) is 6.54. The van der Waals surface area contributed by atoms with Crippen molar-refractivity contribution in [3.05, 3.63) is 70.0 Å². The molecule has 0 heterocycles. The van der Waals surface area contributed by atoms with Gasteiger partial charge in [0.05, 0.1) is 16.1 Å². The summed E-state index contributed by atoms with van der Waals surface area (Å²) in [5.41, 5.74) is -0.321. The molecule has 0 aliphatic carbocycles. The van der Waals surface area contributed by atoms with Crippen LogP contribution < -0.4 is 5.32 Å². The smallest absolute Gasteiger partial charge is 0.348 e. The molecule has 0 aliphatic heterocycles. The molecular weight excluding hydrogens is 322 g/mol. The normalized spacial score (nSPS) is 11.3. The van der Waals surface area contributed by atoms with Gasteiger partial charge in [-0.05, 0) is 35.9 Å². The Kier molecular flexibility index (Phi) is 4.71. The van der Waals surface area contributed by atoms with E-state index in [9.17, 15) is 22.4 Å². The van der Waals surface area contributed by atoms with Gasteiger partial charge in [-0.15, -0.1) is 0 Å². The average molecular weight is 332 g/mol. The molecule has 2 rings (SSSR count). The Morgan fingerprint density at radius 1 is 1.09 bits per heavy atom. The second-order valence-electron chi connectivity index (χ2n) is 4.50. The lowest BCUT2D eigenvalue weighted by molar-refractivity contribution is -0.137. The van der Waals surface area contributed by atoms with Gasteiger partial charge in [0.15, 0.2) is 0 Å². The number of amides is 1. The van der Waals surface area contributed by atoms with E-state index in [1.807, 2.05) is 0 Å². The van der Waals surface area contributed by atoms with Crippen molar-refractivity contribution in [1.29, 1.82) is 0 Å². The summed E-state index contributed by atoms with van der Waals surface area (Å²) in [5, 5.41) is 2.56. The van der Waals surface area contributed by atoms with E-state index < -0.39 is 23.5 Å². The number of benzene rings is 2. The highest BCUT2D eigenvalue weighted by atomic mass is 35.5. The lowest BCUT2D eigenvalue weighted by Gasteiger charge is -2.09. The summed E-state index contributed by atoms with van der Waals surface area (Å²) >= 11 is 5.79. The number of nitrogens with one attached hydrogen (secondary N) is 1. The first-order valence-electron chi connectivity index (χ1n) is 6.17. The minimum atomic E-state index is -4.41. The van der Waals surface area contributed by atoms with Gasteiger partial charge in [-0.2, -0.15) is 13.2 Å². The Hall–Kier alpha value is -2.08. The van der Waals surface area contributed by atoms with Crippen molar-refractivity contribution in [1.82, 2.24) is 5.32 Å². The number of carbonyl (C=O) groups is 1. The third-order valence-corrected chi connectivity index (χ3v) is 3.24. The van der Waals surface area contributed by atoms with Crippen molar-refractivity contribution in [2.75, 3.05) is 0 Å². The second kappa shape index (κ2) is 6.36. The monoisotopic (exact) mass is 331 g/mol. The Morgan fingerprint density at radius 3 is 2.32 bits per heavy atom. The van der Waals surface area contributed by atoms with E-state index in [1.165, 1.54) is 18.2 Å². The molecule has 0 atom stereocenters. The number of halogens is 5. The van der Waals surface area contributed by atoms with E-state index in [4.69, 9.17) is 11.6 Å². The molecule has 0 saturated carbocycles. The molecule has 2 aromatic rings. The molecule has 0 radical (unpaired) electrons. The van der Waals surface area contributed by atoms with Crippen LogP contribution in [0.1, 0.15) is 21.5 Å². The lowest BCUT2D eigenvalue weighted by atomic mass is 10.1. The summed E-state index contributed by atoms with van der Waals surface area (Å²) in [6, 6.07) is 7.74. The summed E-state index contributed by atoms with van der Waals surface area (Å²) in [4.78, 5) is 11.9. The molecule has 116 valence electrons. The highest BCUT2D eigenvalue weighted by Gasteiger charge is 2.29. The third kappa shape index (κ3) is 3.98. The lowest BCUT2D eigenvalue weighted by Crippen LogP contribution is -2.23. The summed E-state index contributed by atoms with van der Waals surface area (Å²) in [6.07, 6.45) is -4.41. The number of carbonyl (C=O) groups excluding carboxylic acids is 1. The summed E-state index contributed by atoms with van der Waals surface area (Å²) in [7, 11) is 0. The molecule has 0 saturated heterocycles. The molecule has 0 spiro atoms. The van der Waals surface area contributed by atoms with Crippen LogP contribution in [-0.2, 0) is 12.7 Å². The first-order chi connectivity index (χ1) is 10.3. The van der Waals surface area contributed by atoms with Crippen LogP contribution in [0, 0.1) is 5.82 Å². The quantitative estimate of drug-likeness (QED) is 0.828. The largest absolute Gasteiger partial charge is 0.416 e. The molecule has 22 heavy (non-hydrogen) atoms. The van der Waals surface area contributed by atoms with Gasteiger partial charge in [-0.1, -0.05) is 23.7 Å². The Bertz CT molecular complexity index is 683. The van der Waals surface area contributed by atoms with Crippen LogP contribution in [-0.4, -0.2) is 5.91 Å². The zero-order valence-electron chi connectivity index (χ0n) is 11.0. The minimum Gasteiger partial charge on any atom is -0.348 e. The van der Waals surface area contributed by atoms with Crippen LogP contribution >= 0.6 is 11.6 Å². The Labute approximate surface area is 128 Å². The molecule has 1 amide bonds. The number of hydrogen-bond donors (Lipinski definition) is 1. The van der Waals surface area contributed by atoms with E-state index in [2.05, 4.69) is 5.32 Å². The van der Waals surface area contributed by atoms with Gasteiger partial charge in [0.1, 0.15) is 5.82 Å². The van der Waals surface area contributed by atoms with Gasteiger partial charge in [0, 0.05) is 6.54 Å². The summed E-state index contributed by atoms with van der Waals surface area (Å²) < 4.78 is 50.3. The number of alkyl halides is 3. The molecule has 0 aromatic heterocycles. The maximum Gasteiger partial charge on any atom is 0.416 e. The van der Waals surface area contributed by atoms with Gasteiger partial charge in [-0.3, -0.25) is 4.79 Å². The van der Waals surface area contributed by atoms with E-state index in [0.29, 0.717) is 5.56 Å². The average Bonchev–Trinajstić information content (AvgIpc) is 2.47. The molecule has 2 nitrogen and oxygen atoms in total. The molecule has 7 heteroatoms. The van der Waals surface area contributed by atoms with Crippen molar-refractivity contribution in [2.45, 2.75) is 12.7 Å². The fraction of sp³-hybridized carbons (Fsp3) is 0.133. The number of rotatable bonds is 3. The molecule has 0 aliphatic rings. The Morgan fingerprint density at radius 2 is 1.73 bits per heavy atom. The second-order valence-corrected chi connectivity index (χ2v) is 4.91. The summed E-state index contributed by atoms with van der Waals surface area (Å²) in [5.74, 6) is -1.21. The van der Waals surface area contributed by atoms with Crippen molar-refractivity contribution < 1.29 is 22.4 Å². The van der Waals surface area contributed by atoms with Crippen molar-refractivity contribution in [3.8, 4) is 0 Å². The zero-order valence-corrected chi connectivity index (χ0v) is 11.8. The topological polar surface area (TPSA) is 29.1 Å². The predicted molar refractivity (Wildman–Crippen MR) is 74.0 cm³/mol. The summed E-state index contributed by atoms with van der Waals surface area (Å²) in [6.45, 7) is 0.00378. The highest BCUT2D eigenvalue weighted by Crippen LogP contribution is 2.29. The van der Waals surface area contributed by atoms with Crippen molar-refractivity contribution in [3.63, 3.8) is 0 Å². The molecule has 2 aromatic carbocycles. The fourth-order valence-corrected chi connectivity index (χ4v) is 1.96. The SMILES string of the molecule is O=C(NCc1ccc(C(F)(F)F)cc1)c1cc(F)ccc1Cl. The molecule has 1 N–H and O–H groups in total. The van der Waals surface area contributed by atoms with Crippen LogP contribution in [0.3, 0.4) is 0 Å². The van der Waals surface area contributed by atoms with Crippen LogP contribution in [0.4, 0.5) is 17.6 Å². The highest BCUT2D eigenvalue weighted by molar-refractivity contribution is 6.33. The standard InChI is InChI=1S/C15H10ClF4NO/c16-13-6-5-11(17)7-12(13)14(22)21-8-9-1-3-10(4-2-9)15(18,19)20/h1-7H,8H2,(H,21,22). The fourth-order valence-electron chi connectivity index (χ4n) is 1.76. The zero-order chi connectivity index (χ0) is 16.3. The van der Waals surface area contributed by atoms with Gasteiger partial charge in [0.25, 0.3) is 5.91 Å². The van der Waals surface area contributed by atoms with Gasteiger partial charge in [-0.25, -0.2) is 4.39 Å². The Balaban J connectivity index is 2.04. The maximum atomic E-state index is 13.1. The van der Waals surface area contributed by atoms with Gasteiger partial charge in [0.2, 0.25) is 0 Å². The molecule has 0 fully saturated rings.